The molecule has 1 N–H and O–H groups in total. The first-order valence-corrected chi connectivity index (χ1v) is 9.75. The van der Waals surface area contributed by atoms with Crippen molar-refractivity contribution in [3.05, 3.63) is 39.9 Å². The lowest BCUT2D eigenvalue weighted by atomic mass is 10.1. The Morgan fingerprint density at radius 3 is 2.83 bits per heavy atom. The average Bonchev–Trinajstić information content (AvgIpc) is 3.22. The van der Waals surface area contributed by atoms with Crippen LogP contribution in [0.3, 0.4) is 0 Å². The number of fused-ring (bicyclic) bond motifs is 1. The zero-order valence-corrected chi connectivity index (χ0v) is 16.2. The second kappa shape index (κ2) is 7.54. The Morgan fingerprint density at radius 2 is 2.14 bits per heavy atom. The van der Waals surface area contributed by atoms with Gasteiger partial charge in [-0.15, -0.1) is 0 Å². The summed E-state index contributed by atoms with van der Waals surface area (Å²) in [5, 5.41) is 6.36. The van der Waals surface area contributed by atoms with E-state index in [2.05, 4.69) is 15.4 Å². The molecule has 1 unspecified atom stereocenters. The molecule has 0 aliphatic carbocycles. The van der Waals surface area contributed by atoms with E-state index in [4.69, 9.17) is 11.6 Å². The van der Waals surface area contributed by atoms with Crippen molar-refractivity contribution in [1.29, 1.82) is 0 Å². The lowest BCUT2D eigenvalue weighted by molar-refractivity contribution is -0.197. The van der Waals surface area contributed by atoms with E-state index in [1.54, 1.807) is 29.0 Å². The summed E-state index contributed by atoms with van der Waals surface area (Å²) in [5.74, 6) is -0.772. The second-order valence-electron chi connectivity index (χ2n) is 6.55. The van der Waals surface area contributed by atoms with Gasteiger partial charge in [0.2, 0.25) is 0 Å². The van der Waals surface area contributed by atoms with Gasteiger partial charge in [-0.2, -0.15) is 18.3 Å². The minimum absolute atomic E-state index is 0.0619. The van der Waals surface area contributed by atoms with E-state index in [1.807, 2.05) is 6.07 Å². The number of carbonyl (C=O) groups excluding carboxylic acids is 1. The number of amides is 1. The lowest BCUT2D eigenvalue weighted by Crippen LogP contribution is -2.61. The van der Waals surface area contributed by atoms with E-state index in [0.717, 1.165) is 21.8 Å². The van der Waals surface area contributed by atoms with E-state index in [9.17, 15) is 22.4 Å². The van der Waals surface area contributed by atoms with Gasteiger partial charge in [-0.1, -0.05) is 29.0 Å². The molecule has 0 radical (unpaired) electrons. The maximum absolute atomic E-state index is 13.2. The maximum Gasteiger partial charge on any atom is 0.405 e. The number of alkyl halides is 4. The van der Waals surface area contributed by atoms with Crippen molar-refractivity contribution in [2.45, 2.75) is 18.4 Å². The molecular weight excluding hydrogens is 434 g/mol. The Balaban J connectivity index is 1.50. The van der Waals surface area contributed by atoms with Crippen LogP contribution in [0.2, 0.25) is 4.34 Å². The van der Waals surface area contributed by atoms with Crippen molar-refractivity contribution in [1.82, 2.24) is 24.8 Å². The molecule has 29 heavy (non-hydrogen) atoms. The Labute approximate surface area is 171 Å². The first-order chi connectivity index (χ1) is 13.7. The SMILES string of the molecule is O=C(NCC(N1CC(F)C1)C(F)(F)F)c1nc(-c2cnn3ccccc23)c(Cl)s1. The van der Waals surface area contributed by atoms with E-state index in [1.165, 1.54) is 0 Å². The van der Waals surface area contributed by atoms with Crippen molar-refractivity contribution in [2.75, 3.05) is 19.6 Å². The van der Waals surface area contributed by atoms with E-state index in [0.29, 0.717) is 11.3 Å². The Morgan fingerprint density at radius 1 is 1.38 bits per heavy atom. The van der Waals surface area contributed by atoms with Gasteiger partial charge in [0.1, 0.15) is 22.2 Å². The number of aromatic nitrogens is 3. The molecule has 6 nitrogen and oxygen atoms in total. The summed E-state index contributed by atoms with van der Waals surface area (Å²) in [5.41, 5.74) is 1.66. The van der Waals surface area contributed by atoms with Gasteiger partial charge in [0, 0.05) is 31.4 Å². The molecule has 12 heteroatoms. The standard InChI is InChI=1S/C17H14ClF4N5OS/c18-14-13(10-5-24-27-4-2-1-3-11(10)27)25-16(29-14)15(28)23-6-12(17(20,21)22)26-7-9(19)8-26/h1-5,9,12H,6-8H2,(H,23,28). The van der Waals surface area contributed by atoms with Crippen LogP contribution in [-0.4, -0.2) is 63.4 Å². The first-order valence-electron chi connectivity index (χ1n) is 8.56. The molecule has 1 saturated heterocycles. The summed E-state index contributed by atoms with van der Waals surface area (Å²) < 4.78 is 54.4. The van der Waals surface area contributed by atoms with Crippen molar-refractivity contribution in [3.8, 4) is 11.3 Å². The van der Waals surface area contributed by atoms with Crippen molar-refractivity contribution >= 4 is 34.4 Å². The van der Waals surface area contributed by atoms with Crippen LogP contribution in [0.15, 0.2) is 30.6 Å². The molecule has 4 heterocycles. The number of pyridine rings is 1. The topological polar surface area (TPSA) is 62.5 Å². The van der Waals surface area contributed by atoms with Crippen LogP contribution in [-0.2, 0) is 0 Å². The number of halogens is 5. The van der Waals surface area contributed by atoms with E-state index < -0.39 is 30.8 Å². The molecule has 3 aromatic heterocycles. The summed E-state index contributed by atoms with van der Waals surface area (Å²) in [6.07, 6.45) is -2.57. The molecule has 1 aliphatic rings. The predicted molar refractivity (Wildman–Crippen MR) is 100.0 cm³/mol. The number of likely N-dealkylation sites (tertiary alicyclic amines) is 1. The minimum Gasteiger partial charge on any atom is -0.348 e. The van der Waals surface area contributed by atoms with Crippen LogP contribution in [0.4, 0.5) is 17.6 Å². The molecule has 0 bridgehead atoms. The fourth-order valence-corrected chi connectivity index (χ4v) is 4.20. The highest BCUT2D eigenvalue weighted by Gasteiger charge is 2.47. The molecule has 4 rings (SSSR count). The first kappa shape index (κ1) is 20.0. The molecule has 1 aliphatic heterocycles. The third-order valence-electron chi connectivity index (χ3n) is 4.60. The fourth-order valence-electron chi connectivity index (χ4n) is 3.11. The molecule has 154 valence electrons. The normalized spacial score (nSPS) is 16.7. The molecule has 1 amide bonds. The van der Waals surface area contributed by atoms with Gasteiger partial charge in [0.05, 0.1) is 11.7 Å². The number of hydrogen-bond acceptors (Lipinski definition) is 5. The van der Waals surface area contributed by atoms with E-state index >= 15 is 0 Å². The van der Waals surface area contributed by atoms with Crippen LogP contribution < -0.4 is 5.32 Å². The lowest BCUT2D eigenvalue weighted by Gasteiger charge is -2.41. The largest absolute Gasteiger partial charge is 0.405 e. The van der Waals surface area contributed by atoms with Crippen molar-refractivity contribution in [3.63, 3.8) is 0 Å². The van der Waals surface area contributed by atoms with Crippen LogP contribution in [0.25, 0.3) is 16.8 Å². The zero-order valence-electron chi connectivity index (χ0n) is 14.7. The van der Waals surface area contributed by atoms with Gasteiger partial charge in [0.25, 0.3) is 5.91 Å². The quantitative estimate of drug-likeness (QED) is 0.609. The third kappa shape index (κ3) is 3.94. The number of nitrogens with zero attached hydrogens (tertiary/aromatic N) is 4. The second-order valence-corrected chi connectivity index (χ2v) is 8.15. The molecule has 0 aromatic carbocycles. The van der Waals surface area contributed by atoms with Crippen LogP contribution >= 0.6 is 22.9 Å². The van der Waals surface area contributed by atoms with Gasteiger partial charge >= 0.3 is 6.18 Å². The van der Waals surface area contributed by atoms with E-state index in [-0.39, 0.29) is 22.4 Å². The number of nitrogens with one attached hydrogen (secondary N) is 1. The van der Waals surface area contributed by atoms with Gasteiger partial charge in [-0.25, -0.2) is 13.9 Å². The Kier molecular flexibility index (Phi) is 5.21. The molecule has 1 fully saturated rings. The van der Waals surface area contributed by atoms with Gasteiger partial charge in [-0.05, 0) is 12.1 Å². The summed E-state index contributed by atoms with van der Waals surface area (Å²) in [6.45, 7) is -1.30. The van der Waals surface area contributed by atoms with Crippen LogP contribution in [0.5, 0.6) is 0 Å². The highest BCUT2D eigenvalue weighted by Crippen LogP contribution is 2.35. The van der Waals surface area contributed by atoms with Gasteiger partial charge in [0.15, 0.2) is 5.01 Å². The maximum atomic E-state index is 13.2. The van der Waals surface area contributed by atoms with Gasteiger partial charge in [-0.3, -0.25) is 9.69 Å². The summed E-state index contributed by atoms with van der Waals surface area (Å²) >= 11 is 7.09. The number of hydrogen-bond donors (Lipinski definition) is 1. The predicted octanol–water partition coefficient (Wildman–Crippen LogP) is 3.43. The van der Waals surface area contributed by atoms with Gasteiger partial charge < -0.3 is 5.32 Å². The fraction of sp³-hybridized carbons (Fsp3) is 0.353. The number of thiazole rings is 1. The Hall–Kier alpha value is -2.24. The molecule has 1 atom stereocenters. The smallest absolute Gasteiger partial charge is 0.348 e. The third-order valence-corrected chi connectivity index (χ3v) is 5.85. The molecule has 0 saturated carbocycles. The van der Waals surface area contributed by atoms with Crippen molar-refractivity contribution in [2.24, 2.45) is 0 Å². The number of rotatable bonds is 5. The summed E-state index contributed by atoms with van der Waals surface area (Å²) in [7, 11) is 0. The summed E-state index contributed by atoms with van der Waals surface area (Å²) in [6, 6.07) is 3.46. The summed E-state index contributed by atoms with van der Waals surface area (Å²) in [4.78, 5) is 17.5. The minimum atomic E-state index is -4.59. The monoisotopic (exact) mass is 447 g/mol. The van der Waals surface area contributed by atoms with Crippen LogP contribution in [0.1, 0.15) is 9.80 Å². The average molecular weight is 448 g/mol. The molecule has 0 spiro atoms. The molecular formula is C17H14ClF4N5OS. The zero-order chi connectivity index (χ0) is 20.8. The highest BCUT2D eigenvalue weighted by molar-refractivity contribution is 7.18. The van der Waals surface area contributed by atoms with Crippen molar-refractivity contribution < 1.29 is 22.4 Å². The Bertz CT molecular complexity index is 1050. The number of carbonyl (C=O) groups is 1. The molecule has 3 aromatic rings. The van der Waals surface area contributed by atoms with Crippen LogP contribution in [0, 0.1) is 0 Å². The highest BCUT2D eigenvalue weighted by atomic mass is 35.5.